The van der Waals surface area contributed by atoms with Gasteiger partial charge in [0, 0.05) is 0 Å². The summed E-state index contributed by atoms with van der Waals surface area (Å²) in [6.07, 6.45) is 8.12. The van der Waals surface area contributed by atoms with Gasteiger partial charge in [0.15, 0.2) is 0 Å². The summed E-state index contributed by atoms with van der Waals surface area (Å²) in [5.74, 6) is 0.724. The molecule has 0 N–H and O–H groups in total. The standard InChI is InChI=1S/C9H13.C5H5.C2H6Si.2ClH.Ti/c1-6-5-7(2)9(4)8(6)3;1-2-4-5-3-1;1-3-2;;;/h6H,1-4H3;1-3H,4H2;1-2H3;2*1H;/q;;;;;+2/p-2. The second-order valence-corrected chi connectivity index (χ2v) is 17.5. The van der Waals surface area contributed by atoms with Crippen LogP contribution in [0.15, 0.2) is 42.7 Å². The van der Waals surface area contributed by atoms with Crippen LogP contribution in [0.25, 0.3) is 0 Å². The largest absolute Gasteiger partial charge is 1.00 e. The number of hydrogen-bond acceptors (Lipinski definition) is 0. The number of allylic oxidation sites excluding steroid dienone is 8. The van der Waals surface area contributed by atoms with E-state index in [1.165, 1.54) is 6.42 Å². The third-order valence-corrected chi connectivity index (χ3v) is 16.3. The Morgan fingerprint density at radius 1 is 1.10 bits per heavy atom. The molecule has 0 spiro atoms. The van der Waals surface area contributed by atoms with Crippen LogP contribution in [0.5, 0.6) is 0 Å². The van der Waals surface area contributed by atoms with Gasteiger partial charge in [0.25, 0.3) is 0 Å². The molecule has 4 heteroatoms. The van der Waals surface area contributed by atoms with Gasteiger partial charge in [-0.15, -0.1) is 0 Å². The van der Waals surface area contributed by atoms with Crippen LogP contribution in [0.4, 0.5) is 0 Å². The Bertz CT molecular complexity index is 547. The van der Waals surface area contributed by atoms with Crippen LogP contribution in [0.2, 0.25) is 13.1 Å². The van der Waals surface area contributed by atoms with Crippen LogP contribution in [0, 0.1) is 5.92 Å². The summed E-state index contributed by atoms with van der Waals surface area (Å²) in [5.41, 5.74) is 4.86. The average Bonchev–Trinajstić information content (AvgIpc) is 2.89. The minimum Gasteiger partial charge on any atom is -1.00 e. The SMILES string of the molecule is CC1=C(C)C(C)[C]([Ti+2]([C]2=CC=CC2)=[Si](C)C)=C1C.[Cl-].[Cl-]. The molecule has 20 heavy (non-hydrogen) atoms. The summed E-state index contributed by atoms with van der Waals surface area (Å²) < 4.78 is 3.71. The Hall–Kier alpha value is 0.471. The van der Waals surface area contributed by atoms with Crippen molar-refractivity contribution in [3.63, 3.8) is 0 Å². The van der Waals surface area contributed by atoms with Crippen LogP contribution in [0.1, 0.15) is 34.1 Å². The van der Waals surface area contributed by atoms with Crippen LogP contribution in [-0.4, -0.2) is 6.19 Å². The summed E-state index contributed by atoms with van der Waals surface area (Å²) >= 11 is -1.19. The van der Waals surface area contributed by atoms with Gasteiger partial charge >= 0.3 is 119 Å². The molecule has 0 saturated heterocycles. The fourth-order valence-corrected chi connectivity index (χ4v) is 15.7. The molecule has 1 atom stereocenters. The molecule has 0 aromatic rings. The van der Waals surface area contributed by atoms with E-state index in [0.29, 0.717) is 0 Å². The molecule has 0 nitrogen and oxygen atoms in total. The predicted octanol–water partition coefficient (Wildman–Crippen LogP) is -1.03. The third-order valence-electron chi connectivity index (χ3n) is 4.50. The Morgan fingerprint density at radius 2 is 1.70 bits per heavy atom. The Labute approximate surface area is 143 Å². The Balaban J connectivity index is 0.00000180. The van der Waals surface area contributed by atoms with Crippen LogP contribution < -0.4 is 24.8 Å². The first-order valence-corrected chi connectivity index (χ1v) is 13.3. The predicted molar refractivity (Wildman–Crippen MR) is 79.6 cm³/mol. The third kappa shape index (κ3) is 3.62. The first kappa shape index (κ1) is 20.5. The van der Waals surface area contributed by atoms with Gasteiger partial charge in [0.1, 0.15) is 0 Å². The van der Waals surface area contributed by atoms with Crippen molar-refractivity contribution in [2.24, 2.45) is 5.92 Å². The average molecular weight is 363 g/mol. The molecule has 2 rings (SSSR count). The maximum Gasteiger partial charge on any atom is -1.00 e. The quantitative estimate of drug-likeness (QED) is 0.551. The molecule has 0 aliphatic heterocycles. The molecule has 2 aliphatic carbocycles. The van der Waals surface area contributed by atoms with E-state index in [4.69, 9.17) is 0 Å². The van der Waals surface area contributed by atoms with Crippen molar-refractivity contribution in [1.29, 1.82) is 0 Å². The second-order valence-electron chi connectivity index (χ2n) is 5.77. The Kier molecular flexibility index (Phi) is 8.39. The zero-order chi connectivity index (χ0) is 13.4. The minimum absolute atomic E-state index is 0. The molecule has 0 aromatic heterocycles. The van der Waals surface area contributed by atoms with Gasteiger partial charge in [0.05, 0.1) is 0 Å². The molecular formula is C16H24Cl2SiTi. The molecule has 110 valence electrons. The van der Waals surface area contributed by atoms with Crippen molar-refractivity contribution in [2.45, 2.75) is 47.2 Å². The van der Waals surface area contributed by atoms with Gasteiger partial charge in [-0.1, -0.05) is 0 Å². The van der Waals surface area contributed by atoms with Crippen LogP contribution in [0.3, 0.4) is 0 Å². The van der Waals surface area contributed by atoms with Gasteiger partial charge < -0.3 is 24.8 Å². The van der Waals surface area contributed by atoms with Gasteiger partial charge in [-0.05, 0) is 0 Å². The molecule has 1 unspecified atom stereocenters. The summed E-state index contributed by atoms with van der Waals surface area (Å²) in [6, 6.07) is 0. The molecule has 0 radical (unpaired) electrons. The van der Waals surface area contributed by atoms with Crippen molar-refractivity contribution in [2.75, 3.05) is 0 Å². The summed E-state index contributed by atoms with van der Waals surface area (Å²) in [5, 5.41) is 0. The minimum atomic E-state index is -1.19. The zero-order valence-electron chi connectivity index (χ0n) is 13.3. The van der Waals surface area contributed by atoms with Crippen molar-refractivity contribution in [1.82, 2.24) is 0 Å². The maximum absolute atomic E-state index is 2.54. The van der Waals surface area contributed by atoms with E-state index < -0.39 is 16.6 Å². The summed E-state index contributed by atoms with van der Waals surface area (Å²) in [6.45, 7) is 14.5. The molecule has 0 saturated carbocycles. The smallest absolute Gasteiger partial charge is 1.00 e. The zero-order valence-corrected chi connectivity index (χ0v) is 17.3. The monoisotopic (exact) mass is 362 g/mol. The van der Waals surface area contributed by atoms with Gasteiger partial charge in [-0.25, -0.2) is 0 Å². The Morgan fingerprint density at radius 3 is 2.05 bits per heavy atom. The van der Waals surface area contributed by atoms with Crippen molar-refractivity contribution in [3.8, 4) is 0 Å². The van der Waals surface area contributed by atoms with E-state index in [2.05, 4.69) is 59.0 Å². The van der Waals surface area contributed by atoms with Gasteiger partial charge in [-0.2, -0.15) is 0 Å². The molecule has 0 heterocycles. The molecule has 2 aliphatic rings. The van der Waals surface area contributed by atoms with E-state index in [0.717, 1.165) is 5.92 Å². The molecular weight excluding hydrogens is 339 g/mol. The second kappa shape index (κ2) is 8.20. The topological polar surface area (TPSA) is 0 Å². The first-order chi connectivity index (χ1) is 8.45. The fourth-order valence-electron chi connectivity index (χ4n) is 3.16. The van der Waals surface area contributed by atoms with E-state index in [-0.39, 0.29) is 31.0 Å². The number of hydrogen-bond donors (Lipinski definition) is 0. The van der Waals surface area contributed by atoms with E-state index >= 15 is 0 Å². The van der Waals surface area contributed by atoms with Crippen molar-refractivity contribution in [3.05, 3.63) is 42.7 Å². The van der Waals surface area contributed by atoms with Gasteiger partial charge in [-0.3, -0.25) is 0 Å². The molecule has 0 bridgehead atoms. The van der Waals surface area contributed by atoms with Gasteiger partial charge in [0.2, 0.25) is 0 Å². The summed E-state index contributed by atoms with van der Waals surface area (Å²) in [7, 11) is 0. The van der Waals surface area contributed by atoms with Crippen molar-refractivity contribution < 1.29 is 41.4 Å². The van der Waals surface area contributed by atoms with Crippen LogP contribution in [-0.2, 0) is 16.6 Å². The number of rotatable bonds is 2. The first-order valence-electron chi connectivity index (χ1n) is 6.87. The van der Waals surface area contributed by atoms with Crippen molar-refractivity contribution >= 4 is 6.19 Å². The molecule has 0 aromatic carbocycles. The van der Waals surface area contributed by atoms with E-state index in [9.17, 15) is 0 Å². The molecule has 0 fully saturated rings. The summed E-state index contributed by atoms with van der Waals surface area (Å²) in [4.78, 5) is 0. The fraction of sp³-hybridized carbons (Fsp3) is 0.500. The normalized spacial score (nSPS) is 20.2. The van der Waals surface area contributed by atoms with E-state index in [1.807, 2.05) is 7.76 Å². The number of halogens is 2. The van der Waals surface area contributed by atoms with Crippen LogP contribution >= 0.6 is 0 Å². The van der Waals surface area contributed by atoms with E-state index in [1.54, 1.807) is 16.7 Å². The maximum atomic E-state index is 2.54. The molecule has 0 amide bonds.